The summed E-state index contributed by atoms with van der Waals surface area (Å²) in [4.78, 5) is 15.4. The molecule has 0 aliphatic carbocycles. The molecule has 3 rings (SSSR count). The van der Waals surface area contributed by atoms with Crippen LogP contribution in [0.2, 0.25) is 5.02 Å². The van der Waals surface area contributed by atoms with Crippen molar-refractivity contribution in [3.63, 3.8) is 0 Å². The standard InChI is InChI=1S/C22H21ClN2O3S2/c1-3-13-25(18-8-5-4-6-9-18)30(27,28)21-15-17(11-12-20(21)23)22(26)24(2)16-19-10-7-14-29-19/h3-12,14-15H,1,13,16H2,2H3. The maximum Gasteiger partial charge on any atom is 0.266 e. The predicted molar refractivity (Wildman–Crippen MR) is 123 cm³/mol. The molecule has 0 unspecified atom stereocenters. The SMILES string of the molecule is C=CCN(c1ccccc1)S(=O)(=O)c1cc(C(=O)N(C)Cc2cccs2)ccc1Cl. The summed E-state index contributed by atoms with van der Waals surface area (Å²) in [5, 5.41) is 2.00. The van der Waals surface area contributed by atoms with Crippen LogP contribution in [0.5, 0.6) is 0 Å². The number of carbonyl (C=O) groups excluding carboxylic acids is 1. The third-order valence-corrected chi connectivity index (χ3v) is 7.54. The van der Waals surface area contributed by atoms with Gasteiger partial charge in [0, 0.05) is 17.5 Å². The molecule has 156 valence electrons. The molecule has 2 aromatic carbocycles. The quantitative estimate of drug-likeness (QED) is 0.442. The molecule has 0 bridgehead atoms. The van der Waals surface area contributed by atoms with Gasteiger partial charge >= 0.3 is 0 Å². The molecule has 1 amide bonds. The Bertz CT molecular complexity index is 1130. The number of hydrogen-bond acceptors (Lipinski definition) is 4. The molecule has 8 heteroatoms. The van der Waals surface area contributed by atoms with Crippen LogP contribution in [-0.4, -0.2) is 32.8 Å². The van der Waals surface area contributed by atoms with Gasteiger partial charge in [0.1, 0.15) is 4.90 Å². The van der Waals surface area contributed by atoms with E-state index in [2.05, 4.69) is 6.58 Å². The van der Waals surface area contributed by atoms with Crippen molar-refractivity contribution in [3.8, 4) is 0 Å². The molecular formula is C22H21ClN2O3S2. The van der Waals surface area contributed by atoms with Gasteiger partial charge in [-0.25, -0.2) is 8.42 Å². The highest BCUT2D eigenvalue weighted by molar-refractivity contribution is 7.93. The Hall–Kier alpha value is -2.61. The summed E-state index contributed by atoms with van der Waals surface area (Å²) in [7, 11) is -2.34. The normalized spacial score (nSPS) is 11.1. The van der Waals surface area contributed by atoms with E-state index in [0.29, 0.717) is 12.2 Å². The molecular weight excluding hydrogens is 440 g/mol. The Morgan fingerprint density at radius 3 is 2.50 bits per heavy atom. The van der Waals surface area contributed by atoms with E-state index in [1.807, 2.05) is 17.5 Å². The number of halogens is 1. The van der Waals surface area contributed by atoms with Crippen LogP contribution >= 0.6 is 22.9 Å². The monoisotopic (exact) mass is 460 g/mol. The van der Waals surface area contributed by atoms with Crippen molar-refractivity contribution in [1.82, 2.24) is 4.90 Å². The summed E-state index contributed by atoms with van der Waals surface area (Å²) >= 11 is 7.81. The van der Waals surface area contributed by atoms with E-state index in [9.17, 15) is 13.2 Å². The Morgan fingerprint density at radius 1 is 1.13 bits per heavy atom. The Balaban J connectivity index is 1.97. The molecule has 0 spiro atoms. The lowest BCUT2D eigenvalue weighted by atomic mass is 10.2. The van der Waals surface area contributed by atoms with Gasteiger partial charge in [-0.1, -0.05) is 41.9 Å². The van der Waals surface area contributed by atoms with Crippen LogP contribution in [0.25, 0.3) is 0 Å². The second-order valence-corrected chi connectivity index (χ2v) is 9.82. The number of amides is 1. The first-order valence-electron chi connectivity index (χ1n) is 9.10. The van der Waals surface area contributed by atoms with E-state index in [-0.39, 0.29) is 27.9 Å². The van der Waals surface area contributed by atoms with Crippen LogP contribution in [0, 0.1) is 0 Å². The summed E-state index contributed by atoms with van der Waals surface area (Å²) < 4.78 is 28.0. The van der Waals surface area contributed by atoms with Crippen LogP contribution in [0.4, 0.5) is 5.69 Å². The second-order valence-electron chi connectivity index (χ2n) is 6.55. The summed E-state index contributed by atoms with van der Waals surface area (Å²) in [6.45, 7) is 4.17. The molecule has 0 saturated carbocycles. The van der Waals surface area contributed by atoms with Crippen molar-refractivity contribution in [2.24, 2.45) is 0 Å². The number of para-hydroxylation sites is 1. The van der Waals surface area contributed by atoms with Crippen LogP contribution in [0.1, 0.15) is 15.2 Å². The Morgan fingerprint density at radius 2 is 1.87 bits per heavy atom. The maximum absolute atomic E-state index is 13.4. The molecule has 0 aliphatic rings. The third kappa shape index (κ3) is 4.75. The molecule has 30 heavy (non-hydrogen) atoms. The highest BCUT2D eigenvalue weighted by atomic mass is 35.5. The van der Waals surface area contributed by atoms with Gasteiger partial charge in [-0.05, 0) is 41.8 Å². The minimum absolute atomic E-state index is 0.0532. The summed E-state index contributed by atoms with van der Waals surface area (Å²) in [6, 6.07) is 16.9. The van der Waals surface area contributed by atoms with Crippen LogP contribution in [0.3, 0.4) is 0 Å². The fraction of sp³-hybridized carbons (Fsp3) is 0.136. The fourth-order valence-electron chi connectivity index (χ4n) is 2.94. The van der Waals surface area contributed by atoms with E-state index in [1.165, 1.54) is 28.6 Å². The largest absolute Gasteiger partial charge is 0.337 e. The molecule has 5 nitrogen and oxygen atoms in total. The van der Waals surface area contributed by atoms with Crippen molar-refractivity contribution in [2.75, 3.05) is 17.9 Å². The number of anilines is 1. The number of rotatable bonds is 8. The molecule has 0 fully saturated rings. The molecule has 0 aliphatic heterocycles. The topological polar surface area (TPSA) is 57.7 Å². The molecule has 3 aromatic rings. The summed E-state index contributed by atoms with van der Waals surface area (Å²) in [6.07, 6.45) is 1.50. The number of sulfonamides is 1. The van der Waals surface area contributed by atoms with Crippen LogP contribution in [-0.2, 0) is 16.6 Å². The lowest BCUT2D eigenvalue weighted by Gasteiger charge is -2.24. The van der Waals surface area contributed by atoms with Crippen molar-refractivity contribution in [3.05, 3.63) is 94.2 Å². The minimum Gasteiger partial charge on any atom is -0.337 e. The van der Waals surface area contributed by atoms with Crippen molar-refractivity contribution < 1.29 is 13.2 Å². The molecule has 1 aromatic heterocycles. The number of benzene rings is 2. The predicted octanol–water partition coefficient (Wildman–Crippen LogP) is 5.06. The highest BCUT2D eigenvalue weighted by Crippen LogP contribution is 2.30. The van der Waals surface area contributed by atoms with E-state index in [4.69, 9.17) is 11.6 Å². The van der Waals surface area contributed by atoms with E-state index < -0.39 is 10.0 Å². The maximum atomic E-state index is 13.4. The molecule has 0 radical (unpaired) electrons. The third-order valence-electron chi connectivity index (χ3n) is 4.41. The van der Waals surface area contributed by atoms with Gasteiger partial charge in [-0.3, -0.25) is 9.10 Å². The van der Waals surface area contributed by atoms with E-state index >= 15 is 0 Å². The molecule has 0 N–H and O–H groups in total. The van der Waals surface area contributed by atoms with Gasteiger partial charge in [-0.15, -0.1) is 17.9 Å². The van der Waals surface area contributed by atoms with E-state index in [1.54, 1.807) is 53.6 Å². The highest BCUT2D eigenvalue weighted by Gasteiger charge is 2.28. The van der Waals surface area contributed by atoms with E-state index in [0.717, 1.165) is 4.88 Å². The van der Waals surface area contributed by atoms with Gasteiger partial charge in [-0.2, -0.15) is 0 Å². The average molecular weight is 461 g/mol. The molecule has 0 atom stereocenters. The van der Waals surface area contributed by atoms with Gasteiger partial charge in [0.15, 0.2) is 0 Å². The number of hydrogen-bond donors (Lipinski definition) is 0. The van der Waals surface area contributed by atoms with Crippen LogP contribution in [0.15, 0.2) is 83.6 Å². The first-order valence-corrected chi connectivity index (χ1v) is 11.8. The van der Waals surface area contributed by atoms with Crippen molar-refractivity contribution in [1.29, 1.82) is 0 Å². The van der Waals surface area contributed by atoms with Gasteiger partial charge in [0.25, 0.3) is 15.9 Å². The van der Waals surface area contributed by atoms with Crippen molar-refractivity contribution in [2.45, 2.75) is 11.4 Å². The molecule has 0 saturated heterocycles. The average Bonchev–Trinajstić information content (AvgIpc) is 3.25. The number of carbonyl (C=O) groups is 1. The zero-order valence-corrected chi connectivity index (χ0v) is 18.8. The second kappa shape index (κ2) is 9.47. The van der Waals surface area contributed by atoms with Gasteiger partial charge in [0.2, 0.25) is 0 Å². The Kier molecular flexibility index (Phi) is 6.97. The lowest BCUT2D eigenvalue weighted by molar-refractivity contribution is 0.0786. The first kappa shape index (κ1) is 22.1. The van der Waals surface area contributed by atoms with Gasteiger partial charge in [0.05, 0.1) is 23.8 Å². The zero-order chi connectivity index (χ0) is 21.7. The zero-order valence-electron chi connectivity index (χ0n) is 16.4. The molecule has 1 heterocycles. The van der Waals surface area contributed by atoms with Crippen LogP contribution < -0.4 is 4.31 Å². The Labute approximate surface area is 185 Å². The minimum atomic E-state index is -4.02. The fourth-order valence-corrected chi connectivity index (χ4v) is 5.63. The lowest BCUT2D eigenvalue weighted by Crippen LogP contribution is -2.32. The number of nitrogens with zero attached hydrogens (tertiary/aromatic N) is 2. The summed E-state index contributed by atoms with van der Waals surface area (Å²) in [5.74, 6) is -0.286. The van der Waals surface area contributed by atoms with Crippen molar-refractivity contribution >= 4 is 44.6 Å². The number of thiophene rings is 1. The first-order chi connectivity index (χ1) is 14.3. The summed E-state index contributed by atoms with van der Waals surface area (Å²) in [5.41, 5.74) is 0.739. The van der Waals surface area contributed by atoms with Gasteiger partial charge < -0.3 is 4.90 Å². The smallest absolute Gasteiger partial charge is 0.266 e.